The Balaban J connectivity index is 2.16. The van der Waals surface area contributed by atoms with Gasteiger partial charge in [0.25, 0.3) is 5.69 Å². The Morgan fingerprint density at radius 2 is 2.15 bits per heavy atom. The number of pyridine rings is 1. The molecule has 1 aromatic carbocycles. The first kappa shape index (κ1) is 12.3. The lowest BCUT2D eigenvalue weighted by Crippen LogP contribution is -2.07. The third-order valence-corrected chi connectivity index (χ3v) is 3.07. The highest BCUT2D eigenvalue weighted by atomic mass is 16.6. The number of fused-ring (bicyclic) bond motifs is 1. The fourth-order valence-electron chi connectivity index (χ4n) is 2.16. The van der Waals surface area contributed by atoms with Crippen LogP contribution in [-0.2, 0) is 0 Å². The summed E-state index contributed by atoms with van der Waals surface area (Å²) in [5, 5.41) is 14.2. The highest BCUT2D eigenvalue weighted by Gasteiger charge is 2.18. The van der Waals surface area contributed by atoms with Gasteiger partial charge in [0.1, 0.15) is 0 Å². The number of hydrogen-bond acceptors (Lipinski definition) is 5. The van der Waals surface area contributed by atoms with E-state index in [9.17, 15) is 10.1 Å². The molecule has 6 nitrogen and oxygen atoms in total. The van der Waals surface area contributed by atoms with E-state index >= 15 is 0 Å². The molecule has 0 unspecified atom stereocenters. The molecule has 2 aromatic rings. The summed E-state index contributed by atoms with van der Waals surface area (Å²) in [5.41, 5.74) is 3.02. The minimum absolute atomic E-state index is 0.0519. The van der Waals surface area contributed by atoms with Crippen molar-refractivity contribution in [3.05, 3.63) is 64.0 Å². The lowest BCUT2D eigenvalue weighted by molar-refractivity contribution is -0.384. The molecule has 0 radical (unpaired) electrons. The van der Waals surface area contributed by atoms with Crippen LogP contribution in [0, 0.1) is 10.1 Å². The number of aromatic nitrogens is 1. The van der Waals surface area contributed by atoms with Gasteiger partial charge in [0.15, 0.2) is 0 Å². The standard InChI is InChI=1S/C14H12N4O2/c19-18(20)10-4-5-12-11(9-10)14(17-8-7-16-12)13-3-1-2-6-15-13/h1-6,9,16H,7-8H2. The van der Waals surface area contributed by atoms with Crippen LogP contribution in [-0.4, -0.2) is 28.7 Å². The van der Waals surface area contributed by atoms with E-state index in [1.807, 2.05) is 18.2 Å². The Morgan fingerprint density at radius 1 is 1.25 bits per heavy atom. The van der Waals surface area contributed by atoms with Gasteiger partial charge in [-0.25, -0.2) is 0 Å². The summed E-state index contributed by atoms with van der Waals surface area (Å²) in [5.74, 6) is 0. The number of nitro benzene ring substituents is 1. The highest BCUT2D eigenvalue weighted by molar-refractivity contribution is 6.15. The summed E-state index contributed by atoms with van der Waals surface area (Å²) < 4.78 is 0. The second kappa shape index (κ2) is 5.08. The zero-order valence-electron chi connectivity index (χ0n) is 10.6. The van der Waals surface area contributed by atoms with Crippen LogP contribution in [0.5, 0.6) is 0 Å². The minimum atomic E-state index is -0.402. The summed E-state index contributed by atoms with van der Waals surface area (Å²) in [6, 6.07) is 10.3. The molecule has 1 aliphatic heterocycles. The van der Waals surface area contributed by atoms with Crippen molar-refractivity contribution >= 4 is 17.1 Å². The number of hydrogen-bond donors (Lipinski definition) is 1. The van der Waals surface area contributed by atoms with Gasteiger partial charge in [0, 0.05) is 36.1 Å². The number of aliphatic imine (C=N–C) groups is 1. The van der Waals surface area contributed by atoms with Crippen molar-refractivity contribution in [3.8, 4) is 0 Å². The third-order valence-electron chi connectivity index (χ3n) is 3.07. The quantitative estimate of drug-likeness (QED) is 0.669. The van der Waals surface area contributed by atoms with E-state index in [1.54, 1.807) is 18.3 Å². The molecule has 1 N–H and O–H groups in total. The van der Waals surface area contributed by atoms with Gasteiger partial charge in [-0.3, -0.25) is 20.1 Å². The minimum Gasteiger partial charge on any atom is -0.383 e. The van der Waals surface area contributed by atoms with E-state index in [0.29, 0.717) is 18.8 Å². The van der Waals surface area contributed by atoms with Crippen LogP contribution in [0.2, 0.25) is 0 Å². The summed E-state index contributed by atoms with van der Waals surface area (Å²) in [7, 11) is 0. The molecule has 1 aliphatic rings. The number of non-ortho nitro benzene ring substituents is 1. The monoisotopic (exact) mass is 268 g/mol. The Kier molecular flexibility index (Phi) is 3.12. The van der Waals surface area contributed by atoms with Gasteiger partial charge in [-0.2, -0.15) is 0 Å². The van der Waals surface area contributed by atoms with Gasteiger partial charge in [-0.1, -0.05) is 6.07 Å². The van der Waals surface area contributed by atoms with Crippen molar-refractivity contribution in [2.24, 2.45) is 4.99 Å². The molecule has 0 saturated heterocycles. The van der Waals surface area contributed by atoms with E-state index in [1.165, 1.54) is 6.07 Å². The lowest BCUT2D eigenvalue weighted by Gasteiger charge is -2.09. The second-order valence-corrected chi connectivity index (χ2v) is 4.36. The van der Waals surface area contributed by atoms with Crippen molar-refractivity contribution in [2.45, 2.75) is 0 Å². The largest absolute Gasteiger partial charge is 0.383 e. The number of nitrogens with zero attached hydrogens (tertiary/aromatic N) is 3. The van der Waals surface area contributed by atoms with E-state index in [0.717, 1.165) is 16.9 Å². The first-order valence-corrected chi connectivity index (χ1v) is 6.24. The van der Waals surface area contributed by atoms with Gasteiger partial charge in [0.05, 0.1) is 22.9 Å². The normalized spacial score (nSPS) is 13.7. The number of rotatable bonds is 2. The predicted molar refractivity (Wildman–Crippen MR) is 76.3 cm³/mol. The van der Waals surface area contributed by atoms with Crippen molar-refractivity contribution in [3.63, 3.8) is 0 Å². The molecule has 0 spiro atoms. The number of benzene rings is 1. The maximum atomic E-state index is 10.9. The van der Waals surface area contributed by atoms with Crippen LogP contribution in [0.15, 0.2) is 47.6 Å². The van der Waals surface area contributed by atoms with E-state index in [2.05, 4.69) is 15.3 Å². The smallest absolute Gasteiger partial charge is 0.270 e. The average Bonchev–Trinajstić information content (AvgIpc) is 2.69. The van der Waals surface area contributed by atoms with Crippen LogP contribution >= 0.6 is 0 Å². The molecule has 1 aromatic heterocycles. The molecule has 3 rings (SSSR count). The maximum absolute atomic E-state index is 10.9. The van der Waals surface area contributed by atoms with Crippen molar-refractivity contribution in [1.82, 2.24) is 4.98 Å². The predicted octanol–water partition coefficient (Wildman–Crippen LogP) is 2.25. The molecule has 20 heavy (non-hydrogen) atoms. The molecule has 100 valence electrons. The third kappa shape index (κ3) is 2.23. The van der Waals surface area contributed by atoms with Crippen molar-refractivity contribution < 1.29 is 4.92 Å². The average molecular weight is 268 g/mol. The Hall–Kier alpha value is -2.76. The van der Waals surface area contributed by atoms with Crippen LogP contribution in [0.25, 0.3) is 0 Å². The molecule has 0 fully saturated rings. The van der Waals surface area contributed by atoms with Crippen LogP contribution in [0.3, 0.4) is 0 Å². The molecular weight excluding hydrogens is 256 g/mol. The summed E-state index contributed by atoms with van der Waals surface area (Å²) in [6.45, 7) is 1.30. The Morgan fingerprint density at radius 3 is 2.90 bits per heavy atom. The second-order valence-electron chi connectivity index (χ2n) is 4.36. The van der Waals surface area contributed by atoms with Gasteiger partial charge >= 0.3 is 0 Å². The molecule has 0 atom stereocenters. The number of nitro groups is 1. The molecule has 0 amide bonds. The topological polar surface area (TPSA) is 80.4 Å². The van der Waals surface area contributed by atoms with Gasteiger partial charge in [-0.05, 0) is 18.2 Å². The summed E-state index contributed by atoms with van der Waals surface area (Å²) >= 11 is 0. The first-order chi connectivity index (χ1) is 9.75. The maximum Gasteiger partial charge on any atom is 0.270 e. The van der Waals surface area contributed by atoms with Crippen LogP contribution in [0.1, 0.15) is 11.3 Å². The zero-order chi connectivity index (χ0) is 13.9. The highest BCUT2D eigenvalue weighted by Crippen LogP contribution is 2.26. The fraction of sp³-hybridized carbons (Fsp3) is 0.143. The Bertz CT molecular complexity index is 683. The van der Waals surface area contributed by atoms with E-state index < -0.39 is 4.92 Å². The van der Waals surface area contributed by atoms with Gasteiger partial charge in [0.2, 0.25) is 0 Å². The molecule has 0 aliphatic carbocycles. The zero-order valence-corrected chi connectivity index (χ0v) is 10.6. The fourth-order valence-corrected chi connectivity index (χ4v) is 2.16. The van der Waals surface area contributed by atoms with Crippen molar-refractivity contribution in [2.75, 3.05) is 18.4 Å². The van der Waals surface area contributed by atoms with Crippen molar-refractivity contribution in [1.29, 1.82) is 0 Å². The van der Waals surface area contributed by atoms with Gasteiger partial charge < -0.3 is 5.32 Å². The van der Waals surface area contributed by atoms with Crippen LogP contribution in [0.4, 0.5) is 11.4 Å². The number of nitrogens with one attached hydrogen (secondary N) is 1. The molecule has 0 saturated carbocycles. The first-order valence-electron chi connectivity index (χ1n) is 6.24. The molecular formula is C14H12N4O2. The van der Waals surface area contributed by atoms with Gasteiger partial charge in [-0.15, -0.1) is 0 Å². The number of benzodiazepines with no additional fused rings is 1. The van der Waals surface area contributed by atoms with E-state index in [4.69, 9.17) is 0 Å². The van der Waals surface area contributed by atoms with E-state index in [-0.39, 0.29) is 5.69 Å². The lowest BCUT2D eigenvalue weighted by atomic mass is 10.0. The molecule has 0 bridgehead atoms. The SMILES string of the molecule is O=[N+]([O-])c1ccc2c(c1)C(c1ccccn1)=NCCN2. The summed E-state index contributed by atoms with van der Waals surface area (Å²) in [6.07, 6.45) is 1.69. The van der Waals surface area contributed by atoms with Crippen LogP contribution < -0.4 is 5.32 Å². The summed E-state index contributed by atoms with van der Waals surface area (Å²) in [4.78, 5) is 19.3. The number of anilines is 1. The molecule has 6 heteroatoms. The Labute approximate surface area is 115 Å². The molecule has 2 heterocycles.